The Balaban J connectivity index is 2.16. The second-order valence-corrected chi connectivity index (χ2v) is 4.66. The number of carbonyl (C=O) groups excluding carboxylic acids is 1. The molecule has 0 bridgehead atoms. The van der Waals surface area contributed by atoms with E-state index in [1.54, 1.807) is 24.3 Å². The van der Waals surface area contributed by atoms with Gasteiger partial charge in [0, 0.05) is 13.1 Å². The van der Waals surface area contributed by atoms with Gasteiger partial charge in [0.2, 0.25) is 0 Å². The molecule has 1 amide bonds. The summed E-state index contributed by atoms with van der Waals surface area (Å²) in [5.41, 5.74) is 0.414. The molecule has 0 aliphatic carbocycles. The van der Waals surface area contributed by atoms with Crippen molar-refractivity contribution in [3.8, 4) is 11.8 Å². The minimum absolute atomic E-state index is 0.115. The number of benzene rings is 1. The first kappa shape index (κ1) is 17.0. The number of amides is 1. The molecule has 0 fully saturated rings. The summed E-state index contributed by atoms with van der Waals surface area (Å²) >= 11 is 0. The van der Waals surface area contributed by atoms with Gasteiger partial charge in [-0.2, -0.15) is 5.26 Å². The van der Waals surface area contributed by atoms with Crippen molar-refractivity contribution < 1.29 is 14.3 Å². The molecule has 1 aromatic rings. The highest BCUT2D eigenvalue weighted by atomic mass is 16.5. The molecule has 0 heterocycles. The van der Waals surface area contributed by atoms with E-state index < -0.39 is 0 Å². The predicted molar refractivity (Wildman–Crippen MR) is 79.0 cm³/mol. The summed E-state index contributed by atoms with van der Waals surface area (Å²) in [5, 5.41) is 11.6. The van der Waals surface area contributed by atoms with Crippen LogP contribution in [0.5, 0.6) is 5.75 Å². The van der Waals surface area contributed by atoms with E-state index in [0.717, 1.165) is 6.54 Å². The van der Waals surface area contributed by atoms with Crippen LogP contribution in [0.2, 0.25) is 0 Å². The first-order valence-electron chi connectivity index (χ1n) is 6.74. The molecule has 0 saturated carbocycles. The fourth-order valence-corrected chi connectivity index (χ4v) is 1.49. The number of carbonyl (C=O) groups is 1. The van der Waals surface area contributed by atoms with Crippen molar-refractivity contribution in [2.45, 2.75) is 0 Å². The van der Waals surface area contributed by atoms with Crippen molar-refractivity contribution >= 4 is 5.91 Å². The smallest absolute Gasteiger partial charge is 0.258 e. The average Bonchev–Trinajstić information content (AvgIpc) is 2.48. The SMILES string of the molecule is CN(C)CCOCCNC(=O)COc1ccccc1C#N. The minimum Gasteiger partial charge on any atom is -0.482 e. The summed E-state index contributed by atoms with van der Waals surface area (Å²) in [5.74, 6) is 0.177. The van der Waals surface area contributed by atoms with Gasteiger partial charge in [0.15, 0.2) is 6.61 Å². The van der Waals surface area contributed by atoms with Crippen molar-refractivity contribution in [2.75, 3.05) is 47.0 Å². The van der Waals surface area contributed by atoms with Crippen LogP contribution in [0.1, 0.15) is 5.56 Å². The third-order valence-corrected chi connectivity index (χ3v) is 2.62. The number of hydrogen-bond acceptors (Lipinski definition) is 5. The van der Waals surface area contributed by atoms with Crippen molar-refractivity contribution in [1.82, 2.24) is 10.2 Å². The van der Waals surface area contributed by atoms with Gasteiger partial charge in [0.1, 0.15) is 11.8 Å². The van der Waals surface area contributed by atoms with E-state index in [4.69, 9.17) is 14.7 Å². The highest BCUT2D eigenvalue weighted by Crippen LogP contribution is 2.15. The summed E-state index contributed by atoms with van der Waals surface area (Å²) in [6, 6.07) is 8.82. The summed E-state index contributed by atoms with van der Waals surface area (Å²) in [7, 11) is 3.95. The molecule has 114 valence electrons. The zero-order chi connectivity index (χ0) is 15.5. The lowest BCUT2D eigenvalue weighted by Gasteiger charge is -2.11. The number of nitrogens with one attached hydrogen (secondary N) is 1. The second-order valence-electron chi connectivity index (χ2n) is 4.66. The van der Waals surface area contributed by atoms with E-state index in [1.807, 2.05) is 25.1 Å². The maximum atomic E-state index is 11.6. The fourth-order valence-electron chi connectivity index (χ4n) is 1.49. The zero-order valence-corrected chi connectivity index (χ0v) is 12.5. The van der Waals surface area contributed by atoms with Crippen LogP contribution in [0.4, 0.5) is 0 Å². The van der Waals surface area contributed by atoms with Crippen LogP contribution in [0.25, 0.3) is 0 Å². The third kappa shape index (κ3) is 7.30. The van der Waals surface area contributed by atoms with Gasteiger partial charge < -0.3 is 19.7 Å². The summed E-state index contributed by atoms with van der Waals surface area (Å²) < 4.78 is 10.7. The van der Waals surface area contributed by atoms with Gasteiger partial charge in [-0.25, -0.2) is 0 Å². The Kier molecular flexibility index (Phi) is 7.87. The summed E-state index contributed by atoms with van der Waals surface area (Å²) in [6.45, 7) is 2.27. The van der Waals surface area contributed by atoms with E-state index in [1.165, 1.54) is 0 Å². The van der Waals surface area contributed by atoms with E-state index in [-0.39, 0.29) is 12.5 Å². The highest BCUT2D eigenvalue weighted by Gasteiger charge is 2.05. The first-order valence-corrected chi connectivity index (χ1v) is 6.74. The van der Waals surface area contributed by atoms with Gasteiger partial charge in [0.05, 0.1) is 18.8 Å². The van der Waals surface area contributed by atoms with Crippen LogP contribution < -0.4 is 10.1 Å². The lowest BCUT2D eigenvalue weighted by Crippen LogP contribution is -2.32. The van der Waals surface area contributed by atoms with Crippen LogP contribution in [0.15, 0.2) is 24.3 Å². The molecule has 0 aliphatic rings. The Bertz CT molecular complexity index is 483. The Morgan fingerprint density at radius 1 is 1.33 bits per heavy atom. The Labute approximate surface area is 125 Å². The molecule has 1 N–H and O–H groups in total. The lowest BCUT2D eigenvalue weighted by atomic mass is 10.2. The molecule has 0 unspecified atom stereocenters. The van der Waals surface area contributed by atoms with E-state index in [2.05, 4.69) is 5.32 Å². The Morgan fingerprint density at radius 3 is 2.81 bits per heavy atom. The maximum absolute atomic E-state index is 11.6. The Hall–Kier alpha value is -2.10. The van der Waals surface area contributed by atoms with Crippen molar-refractivity contribution in [3.05, 3.63) is 29.8 Å². The molecule has 1 rings (SSSR count). The normalized spacial score (nSPS) is 10.2. The molecular weight excluding hydrogens is 270 g/mol. The molecule has 6 heteroatoms. The number of ether oxygens (including phenoxy) is 2. The number of likely N-dealkylation sites (N-methyl/N-ethyl adjacent to an activating group) is 1. The van der Waals surface area contributed by atoms with E-state index >= 15 is 0 Å². The van der Waals surface area contributed by atoms with E-state index in [9.17, 15) is 4.79 Å². The highest BCUT2D eigenvalue weighted by molar-refractivity contribution is 5.77. The second kappa shape index (κ2) is 9.75. The van der Waals surface area contributed by atoms with Crippen LogP contribution in [-0.2, 0) is 9.53 Å². The van der Waals surface area contributed by atoms with Gasteiger partial charge in [0.25, 0.3) is 5.91 Å². The fraction of sp³-hybridized carbons (Fsp3) is 0.467. The van der Waals surface area contributed by atoms with Gasteiger partial charge in [-0.3, -0.25) is 4.79 Å². The van der Waals surface area contributed by atoms with Gasteiger partial charge >= 0.3 is 0 Å². The van der Waals surface area contributed by atoms with Gasteiger partial charge in [-0.05, 0) is 26.2 Å². The molecule has 6 nitrogen and oxygen atoms in total. The number of para-hydroxylation sites is 1. The molecule has 1 aromatic carbocycles. The summed E-state index contributed by atoms with van der Waals surface area (Å²) in [4.78, 5) is 13.6. The number of nitrogens with zero attached hydrogens (tertiary/aromatic N) is 2. The Morgan fingerprint density at radius 2 is 2.10 bits per heavy atom. The largest absolute Gasteiger partial charge is 0.482 e. The summed E-state index contributed by atoms with van der Waals surface area (Å²) in [6.07, 6.45) is 0. The van der Waals surface area contributed by atoms with Crippen molar-refractivity contribution in [2.24, 2.45) is 0 Å². The molecule has 0 spiro atoms. The quantitative estimate of drug-likeness (QED) is 0.676. The molecule has 0 aliphatic heterocycles. The average molecular weight is 291 g/mol. The molecule has 0 aromatic heterocycles. The first-order chi connectivity index (χ1) is 10.1. The topological polar surface area (TPSA) is 74.6 Å². The van der Waals surface area contributed by atoms with Gasteiger partial charge in [-0.1, -0.05) is 12.1 Å². The van der Waals surface area contributed by atoms with Crippen molar-refractivity contribution in [3.63, 3.8) is 0 Å². The third-order valence-electron chi connectivity index (χ3n) is 2.62. The standard InChI is InChI=1S/C15H21N3O3/c1-18(2)8-10-20-9-7-17-15(19)12-21-14-6-4-3-5-13(14)11-16/h3-6H,7-10,12H2,1-2H3,(H,17,19). The molecule has 0 saturated heterocycles. The maximum Gasteiger partial charge on any atom is 0.258 e. The zero-order valence-electron chi connectivity index (χ0n) is 12.5. The number of hydrogen-bond donors (Lipinski definition) is 1. The molecule has 21 heavy (non-hydrogen) atoms. The number of nitriles is 1. The lowest BCUT2D eigenvalue weighted by molar-refractivity contribution is -0.123. The molecule has 0 atom stereocenters. The van der Waals surface area contributed by atoms with Crippen LogP contribution in [-0.4, -0.2) is 57.8 Å². The van der Waals surface area contributed by atoms with E-state index in [0.29, 0.717) is 31.1 Å². The molecular formula is C15H21N3O3. The van der Waals surface area contributed by atoms with Crippen LogP contribution in [0.3, 0.4) is 0 Å². The monoisotopic (exact) mass is 291 g/mol. The van der Waals surface area contributed by atoms with Crippen molar-refractivity contribution in [1.29, 1.82) is 5.26 Å². The predicted octanol–water partition coefficient (Wildman–Crippen LogP) is 0.631. The minimum atomic E-state index is -0.237. The number of rotatable bonds is 9. The molecule has 0 radical (unpaired) electrons. The van der Waals surface area contributed by atoms with Gasteiger partial charge in [-0.15, -0.1) is 0 Å². The van der Waals surface area contributed by atoms with Crippen LogP contribution in [0, 0.1) is 11.3 Å². The van der Waals surface area contributed by atoms with Crippen LogP contribution >= 0.6 is 0 Å².